The summed E-state index contributed by atoms with van der Waals surface area (Å²) in [5.74, 6) is 0. The summed E-state index contributed by atoms with van der Waals surface area (Å²) in [6, 6.07) is 5.86. The van der Waals surface area contributed by atoms with Crippen molar-refractivity contribution < 1.29 is 0 Å². The average Bonchev–Trinajstić information content (AvgIpc) is 2.43. The first-order valence-electron chi connectivity index (χ1n) is 4.28. The molecule has 0 atom stereocenters. The van der Waals surface area contributed by atoms with Crippen LogP contribution < -0.4 is 5.73 Å². The number of hydrogen-bond donors (Lipinski definition) is 1. The van der Waals surface area contributed by atoms with E-state index >= 15 is 0 Å². The van der Waals surface area contributed by atoms with Gasteiger partial charge in [0, 0.05) is 24.5 Å². The van der Waals surface area contributed by atoms with E-state index in [0.29, 0.717) is 6.54 Å². The molecular formula is C10H10BrClN2. The Kier molecular flexibility index (Phi) is 2.56. The number of benzene rings is 1. The van der Waals surface area contributed by atoms with Crippen LogP contribution in [0.25, 0.3) is 10.9 Å². The van der Waals surface area contributed by atoms with Crippen molar-refractivity contribution in [1.82, 2.24) is 4.57 Å². The smallest absolute Gasteiger partial charge is 0.0900 e. The van der Waals surface area contributed by atoms with E-state index in [1.807, 2.05) is 29.8 Å². The second kappa shape index (κ2) is 3.57. The highest BCUT2D eigenvalue weighted by Crippen LogP contribution is 2.33. The lowest BCUT2D eigenvalue weighted by Gasteiger charge is -1.97. The minimum Gasteiger partial charge on any atom is -0.338 e. The van der Waals surface area contributed by atoms with Crippen LogP contribution >= 0.6 is 27.5 Å². The zero-order chi connectivity index (χ0) is 10.3. The van der Waals surface area contributed by atoms with Gasteiger partial charge in [-0.3, -0.25) is 0 Å². The van der Waals surface area contributed by atoms with E-state index in [1.165, 1.54) is 0 Å². The summed E-state index contributed by atoms with van der Waals surface area (Å²) in [6.07, 6.45) is 0. The zero-order valence-electron chi connectivity index (χ0n) is 7.72. The average molecular weight is 274 g/mol. The Balaban J connectivity index is 2.96. The number of hydrogen-bond acceptors (Lipinski definition) is 1. The van der Waals surface area contributed by atoms with Crippen molar-refractivity contribution in [3.63, 3.8) is 0 Å². The van der Waals surface area contributed by atoms with E-state index in [0.717, 1.165) is 26.1 Å². The number of halogens is 2. The monoisotopic (exact) mass is 272 g/mol. The highest BCUT2D eigenvalue weighted by Gasteiger charge is 2.13. The summed E-state index contributed by atoms with van der Waals surface area (Å²) in [5, 5.41) is 1.80. The van der Waals surface area contributed by atoms with Crippen LogP contribution in [-0.4, -0.2) is 4.57 Å². The first kappa shape index (κ1) is 10.0. The van der Waals surface area contributed by atoms with Gasteiger partial charge in [0.2, 0.25) is 0 Å². The van der Waals surface area contributed by atoms with Crippen LogP contribution in [0.1, 0.15) is 5.56 Å². The first-order valence-corrected chi connectivity index (χ1v) is 5.45. The second-order valence-electron chi connectivity index (χ2n) is 3.17. The largest absolute Gasteiger partial charge is 0.338 e. The fourth-order valence-corrected chi connectivity index (χ4v) is 2.52. The van der Waals surface area contributed by atoms with E-state index in [1.54, 1.807) is 0 Å². The van der Waals surface area contributed by atoms with Gasteiger partial charge in [0.05, 0.1) is 15.1 Å². The maximum atomic E-state index is 6.14. The SMILES string of the molecule is Cn1c(Br)c(CN)c2c(Cl)cccc21. The van der Waals surface area contributed by atoms with Crippen LogP contribution in [0.15, 0.2) is 22.8 Å². The van der Waals surface area contributed by atoms with Gasteiger partial charge in [0.25, 0.3) is 0 Å². The highest BCUT2D eigenvalue weighted by molar-refractivity contribution is 9.10. The Morgan fingerprint density at radius 2 is 2.21 bits per heavy atom. The van der Waals surface area contributed by atoms with Crippen molar-refractivity contribution in [2.45, 2.75) is 6.54 Å². The Morgan fingerprint density at radius 1 is 1.50 bits per heavy atom. The molecular weight excluding hydrogens is 263 g/mol. The summed E-state index contributed by atoms with van der Waals surface area (Å²) in [4.78, 5) is 0. The predicted octanol–water partition coefficient (Wildman–Crippen LogP) is 3.05. The van der Waals surface area contributed by atoms with Crippen molar-refractivity contribution in [3.05, 3.63) is 33.4 Å². The first-order chi connectivity index (χ1) is 6.66. The molecule has 0 spiro atoms. The number of nitrogens with zero attached hydrogens (tertiary/aromatic N) is 1. The third-order valence-electron chi connectivity index (χ3n) is 2.40. The zero-order valence-corrected chi connectivity index (χ0v) is 10.1. The lowest BCUT2D eigenvalue weighted by atomic mass is 10.2. The topological polar surface area (TPSA) is 30.9 Å². The molecule has 1 heterocycles. The Morgan fingerprint density at radius 3 is 2.86 bits per heavy atom. The maximum absolute atomic E-state index is 6.14. The molecule has 4 heteroatoms. The van der Waals surface area contributed by atoms with Crippen molar-refractivity contribution in [3.8, 4) is 0 Å². The van der Waals surface area contributed by atoms with Crippen molar-refractivity contribution in [2.24, 2.45) is 12.8 Å². The molecule has 0 aliphatic heterocycles. The van der Waals surface area contributed by atoms with E-state index < -0.39 is 0 Å². The van der Waals surface area contributed by atoms with Gasteiger partial charge >= 0.3 is 0 Å². The number of rotatable bonds is 1. The minimum atomic E-state index is 0.488. The molecule has 1 aromatic carbocycles. The van der Waals surface area contributed by atoms with E-state index in [2.05, 4.69) is 15.9 Å². The summed E-state index contributed by atoms with van der Waals surface area (Å²) < 4.78 is 3.05. The second-order valence-corrected chi connectivity index (χ2v) is 4.32. The summed E-state index contributed by atoms with van der Waals surface area (Å²) >= 11 is 9.65. The molecule has 0 unspecified atom stereocenters. The Hall–Kier alpha value is -0.510. The van der Waals surface area contributed by atoms with Gasteiger partial charge in [0.1, 0.15) is 0 Å². The Bertz CT molecular complexity index is 490. The molecule has 0 saturated carbocycles. The van der Waals surface area contributed by atoms with Crippen LogP contribution in [0.3, 0.4) is 0 Å². The van der Waals surface area contributed by atoms with Gasteiger partial charge in [-0.05, 0) is 28.1 Å². The lowest BCUT2D eigenvalue weighted by molar-refractivity contribution is 0.917. The fourth-order valence-electron chi connectivity index (χ4n) is 1.69. The van der Waals surface area contributed by atoms with Crippen LogP contribution in [0.2, 0.25) is 5.02 Å². The highest BCUT2D eigenvalue weighted by atomic mass is 79.9. The maximum Gasteiger partial charge on any atom is 0.0900 e. The lowest BCUT2D eigenvalue weighted by Crippen LogP contribution is -1.96. The van der Waals surface area contributed by atoms with E-state index in [-0.39, 0.29) is 0 Å². The van der Waals surface area contributed by atoms with E-state index in [4.69, 9.17) is 17.3 Å². The summed E-state index contributed by atoms with van der Waals surface area (Å²) in [6.45, 7) is 0.488. The molecule has 2 N–H and O–H groups in total. The molecule has 2 aromatic rings. The number of aromatic nitrogens is 1. The number of fused-ring (bicyclic) bond motifs is 1. The molecule has 0 radical (unpaired) electrons. The number of aryl methyl sites for hydroxylation is 1. The van der Waals surface area contributed by atoms with E-state index in [9.17, 15) is 0 Å². The van der Waals surface area contributed by atoms with Crippen LogP contribution in [-0.2, 0) is 13.6 Å². The fraction of sp³-hybridized carbons (Fsp3) is 0.200. The van der Waals surface area contributed by atoms with Crippen molar-refractivity contribution in [2.75, 3.05) is 0 Å². The summed E-state index contributed by atoms with van der Waals surface area (Å²) in [7, 11) is 1.99. The standard InChI is InChI=1S/C10H10BrClN2/c1-14-8-4-2-3-7(12)9(8)6(5-13)10(14)11/h2-4H,5,13H2,1H3. The minimum absolute atomic E-state index is 0.488. The van der Waals surface area contributed by atoms with Gasteiger partial charge in [-0.15, -0.1) is 0 Å². The molecule has 2 rings (SSSR count). The normalized spacial score (nSPS) is 11.1. The predicted molar refractivity (Wildman–Crippen MR) is 63.5 cm³/mol. The van der Waals surface area contributed by atoms with Gasteiger partial charge in [-0.25, -0.2) is 0 Å². The van der Waals surface area contributed by atoms with Crippen molar-refractivity contribution in [1.29, 1.82) is 0 Å². The molecule has 0 saturated heterocycles. The van der Waals surface area contributed by atoms with Gasteiger partial charge < -0.3 is 10.3 Å². The molecule has 74 valence electrons. The third-order valence-corrected chi connectivity index (χ3v) is 3.73. The summed E-state index contributed by atoms with van der Waals surface area (Å²) in [5.41, 5.74) is 7.86. The van der Waals surface area contributed by atoms with Gasteiger partial charge in [0.15, 0.2) is 0 Å². The molecule has 0 bridgehead atoms. The number of nitrogens with two attached hydrogens (primary N) is 1. The molecule has 0 aliphatic rings. The molecule has 14 heavy (non-hydrogen) atoms. The quantitative estimate of drug-likeness (QED) is 0.850. The molecule has 0 amide bonds. The molecule has 2 nitrogen and oxygen atoms in total. The Labute approximate surface area is 95.8 Å². The van der Waals surface area contributed by atoms with Crippen LogP contribution in [0.5, 0.6) is 0 Å². The van der Waals surface area contributed by atoms with Crippen molar-refractivity contribution >= 4 is 38.4 Å². The molecule has 1 aromatic heterocycles. The van der Waals surface area contributed by atoms with Gasteiger partial charge in [-0.1, -0.05) is 17.7 Å². The van der Waals surface area contributed by atoms with Gasteiger partial charge in [-0.2, -0.15) is 0 Å². The molecule has 0 aliphatic carbocycles. The molecule has 0 fully saturated rings. The third kappa shape index (κ3) is 1.28. The van der Waals surface area contributed by atoms with Crippen LogP contribution in [0, 0.1) is 0 Å². The van der Waals surface area contributed by atoms with Crippen LogP contribution in [0.4, 0.5) is 0 Å².